The Morgan fingerprint density at radius 1 is 1.38 bits per heavy atom. The van der Waals surface area contributed by atoms with Gasteiger partial charge in [0, 0.05) is 30.6 Å². The lowest BCUT2D eigenvalue weighted by molar-refractivity contribution is 0.201. The van der Waals surface area contributed by atoms with Gasteiger partial charge in [-0.05, 0) is 25.1 Å². The van der Waals surface area contributed by atoms with Crippen molar-refractivity contribution in [1.82, 2.24) is 9.36 Å². The molecule has 1 unspecified atom stereocenters. The van der Waals surface area contributed by atoms with Gasteiger partial charge in [-0.1, -0.05) is 0 Å². The van der Waals surface area contributed by atoms with Crippen LogP contribution in [0.5, 0.6) is 11.5 Å². The summed E-state index contributed by atoms with van der Waals surface area (Å²) in [6, 6.07) is 5.04. The Labute approximate surface area is 127 Å². The molecule has 2 aromatic rings. The molecular weight excluding hydrogens is 290 g/mol. The predicted molar refractivity (Wildman–Crippen MR) is 82.2 cm³/mol. The number of nitrogens with zero attached hydrogens (tertiary/aromatic N) is 2. The Morgan fingerprint density at radius 3 is 2.90 bits per heavy atom. The number of methoxy groups -OCH3 is 2. The molecule has 0 saturated carbocycles. The third-order valence-corrected chi connectivity index (χ3v) is 3.72. The highest BCUT2D eigenvalue weighted by atomic mass is 32.1. The van der Waals surface area contributed by atoms with E-state index in [0.717, 1.165) is 16.5 Å². The minimum Gasteiger partial charge on any atom is -0.508 e. The van der Waals surface area contributed by atoms with E-state index < -0.39 is 0 Å². The SMILES string of the molecule is COCCc1nsc(NC(C)c2cc(OC)ccc2O)n1. The van der Waals surface area contributed by atoms with Crippen LogP contribution >= 0.6 is 11.5 Å². The number of phenols is 1. The molecule has 0 saturated heterocycles. The third kappa shape index (κ3) is 4.05. The number of benzene rings is 1. The molecule has 2 rings (SSSR count). The Kier molecular flexibility index (Phi) is 5.35. The molecule has 0 spiro atoms. The molecule has 0 amide bonds. The van der Waals surface area contributed by atoms with Gasteiger partial charge in [0.1, 0.15) is 17.3 Å². The topological polar surface area (TPSA) is 76.5 Å². The molecule has 0 fully saturated rings. The van der Waals surface area contributed by atoms with Gasteiger partial charge in [0.15, 0.2) is 0 Å². The van der Waals surface area contributed by atoms with Crippen molar-refractivity contribution in [3.8, 4) is 11.5 Å². The number of hydrogen-bond donors (Lipinski definition) is 2. The maximum absolute atomic E-state index is 9.96. The molecule has 7 heteroatoms. The average Bonchev–Trinajstić information content (AvgIpc) is 2.93. The molecule has 6 nitrogen and oxygen atoms in total. The molecule has 114 valence electrons. The second-order valence-corrected chi connectivity index (χ2v) is 5.30. The standard InChI is InChI=1S/C14H19N3O3S/c1-9(11-8-10(20-3)4-5-12(11)18)15-14-16-13(17-21-14)6-7-19-2/h4-5,8-9,18H,6-7H2,1-3H3,(H,15,16,17). The first-order chi connectivity index (χ1) is 10.1. The normalized spacial score (nSPS) is 12.1. The maximum atomic E-state index is 9.96. The zero-order valence-electron chi connectivity index (χ0n) is 12.3. The van der Waals surface area contributed by atoms with Crippen LogP contribution in [0.1, 0.15) is 24.4 Å². The van der Waals surface area contributed by atoms with Crippen molar-refractivity contribution in [3.05, 3.63) is 29.6 Å². The minimum absolute atomic E-state index is 0.108. The highest BCUT2D eigenvalue weighted by molar-refractivity contribution is 7.09. The average molecular weight is 309 g/mol. The van der Waals surface area contributed by atoms with Crippen LogP contribution in [0.2, 0.25) is 0 Å². The van der Waals surface area contributed by atoms with Gasteiger partial charge in [-0.3, -0.25) is 0 Å². The fraction of sp³-hybridized carbons (Fsp3) is 0.429. The monoisotopic (exact) mass is 309 g/mol. The fourth-order valence-electron chi connectivity index (χ4n) is 1.88. The largest absolute Gasteiger partial charge is 0.508 e. The van der Waals surface area contributed by atoms with E-state index in [4.69, 9.17) is 9.47 Å². The van der Waals surface area contributed by atoms with Gasteiger partial charge in [-0.15, -0.1) is 0 Å². The second-order valence-electron chi connectivity index (χ2n) is 4.55. The summed E-state index contributed by atoms with van der Waals surface area (Å²) in [7, 11) is 3.25. The van der Waals surface area contributed by atoms with Crippen LogP contribution < -0.4 is 10.1 Å². The van der Waals surface area contributed by atoms with E-state index in [1.165, 1.54) is 11.5 Å². The van der Waals surface area contributed by atoms with Gasteiger partial charge in [-0.25, -0.2) is 4.98 Å². The molecule has 1 heterocycles. The Morgan fingerprint density at radius 2 is 2.19 bits per heavy atom. The van der Waals surface area contributed by atoms with Gasteiger partial charge >= 0.3 is 0 Å². The summed E-state index contributed by atoms with van der Waals surface area (Å²) in [5.41, 5.74) is 0.753. The van der Waals surface area contributed by atoms with Crippen molar-refractivity contribution in [2.24, 2.45) is 0 Å². The summed E-state index contributed by atoms with van der Waals surface area (Å²) < 4.78 is 14.4. The van der Waals surface area contributed by atoms with Crippen LogP contribution in [0.25, 0.3) is 0 Å². The van der Waals surface area contributed by atoms with Crippen molar-refractivity contribution < 1.29 is 14.6 Å². The van der Waals surface area contributed by atoms with E-state index in [1.807, 2.05) is 6.92 Å². The molecule has 0 aliphatic heterocycles. The van der Waals surface area contributed by atoms with E-state index in [1.54, 1.807) is 32.4 Å². The molecule has 21 heavy (non-hydrogen) atoms. The zero-order valence-corrected chi connectivity index (χ0v) is 13.1. The first kappa shape index (κ1) is 15.5. The Bertz CT molecular complexity index is 589. The van der Waals surface area contributed by atoms with Gasteiger partial charge in [-0.2, -0.15) is 4.37 Å². The lowest BCUT2D eigenvalue weighted by atomic mass is 10.1. The first-order valence-corrected chi connectivity index (χ1v) is 7.36. The summed E-state index contributed by atoms with van der Waals surface area (Å²) in [6.45, 7) is 2.55. The van der Waals surface area contributed by atoms with Crippen LogP contribution in [0.4, 0.5) is 5.13 Å². The second kappa shape index (κ2) is 7.24. The van der Waals surface area contributed by atoms with Crippen molar-refractivity contribution in [2.45, 2.75) is 19.4 Å². The summed E-state index contributed by atoms with van der Waals surface area (Å²) in [5, 5.41) is 13.9. The van der Waals surface area contributed by atoms with E-state index in [0.29, 0.717) is 18.8 Å². The van der Waals surface area contributed by atoms with Gasteiger partial charge in [0.25, 0.3) is 0 Å². The minimum atomic E-state index is -0.108. The number of aromatic nitrogens is 2. The molecule has 2 N–H and O–H groups in total. The van der Waals surface area contributed by atoms with Crippen molar-refractivity contribution in [1.29, 1.82) is 0 Å². The fourth-order valence-corrected chi connectivity index (χ4v) is 2.58. The number of phenolic OH excluding ortho intramolecular Hbond substituents is 1. The molecular formula is C14H19N3O3S. The number of anilines is 1. The van der Waals surface area contributed by atoms with E-state index in [-0.39, 0.29) is 11.8 Å². The van der Waals surface area contributed by atoms with Crippen molar-refractivity contribution in [3.63, 3.8) is 0 Å². The summed E-state index contributed by atoms with van der Waals surface area (Å²) >= 11 is 1.30. The molecule has 0 aliphatic carbocycles. The van der Waals surface area contributed by atoms with E-state index in [2.05, 4.69) is 14.7 Å². The zero-order chi connectivity index (χ0) is 15.2. The van der Waals surface area contributed by atoms with Crippen LogP contribution in [0.15, 0.2) is 18.2 Å². The smallest absolute Gasteiger partial charge is 0.203 e. The van der Waals surface area contributed by atoms with Gasteiger partial charge in [0.2, 0.25) is 5.13 Å². The lowest BCUT2D eigenvalue weighted by Crippen LogP contribution is -2.07. The first-order valence-electron chi connectivity index (χ1n) is 6.59. The van der Waals surface area contributed by atoms with Crippen LogP contribution in [0.3, 0.4) is 0 Å². The van der Waals surface area contributed by atoms with Crippen LogP contribution in [0, 0.1) is 0 Å². The van der Waals surface area contributed by atoms with Crippen molar-refractivity contribution in [2.75, 3.05) is 26.1 Å². The lowest BCUT2D eigenvalue weighted by Gasteiger charge is -2.15. The van der Waals surface area contributed by atoms with E-state index >= 15 is 0 Å². The summed E-state index contributed by atoms with van der Waals surface area (Å²) in [6.07, 6.45) is 0.688. The van der Waals surface area contributed by atoms with Gasteiger partial charge in [0.05, 0.1) is 19.8 Å². The van der Waals surface area contributed by atoms with Gasteiger partial charge < -0.3 is 19.9 Å². The molecule has 0 radical (unpaired) electrons. The number of aromatic hydroxyl groups is 1. The predicted octanol–water partition coefficient (Wildman–Crippen LogP) is 2.61. The number of rotatable bonds is 7. The molecule has 0 bridgehead atoms. The van der Waals surface area contributed by atoms with Crippen LogP contribution in [-0.4, -0.2) is 35.3 Å². The number of ether oxygens (including phenoxy) is 2. The quantitative estimate of drug-likeness (QED) is 0.819. The molecule has 1 atom stereocenters. The summed E-state index contributed by atoms with van der Waals surface area (Å²) in [4.78, 5) is 4.39. The molecule has 0 aliphatic rings. The van der Waals surface area contributed by atoms with Crippen molar-refractivity contribution >= 4 is 16.7 Å². The molecule has 1 aromatic carbocycles. The number of nitrogens with one attached hydrogen (secondary N) is 1. The highest BCUT2D eigenvalue weighted by Crippen LogP contribution is 2.30. The third-order valence-electron chi connectivity index (χ3n) is 3.04. The van der Waals surface area contributed by atoms with E-state index in [9.17, 15) is 5.11 Å². The number of hydrogen-bond acceptors (Lipinski definition) is 7. The molecule has 1 aromatic heterocycles. The van der Waals surface area contributed by atoms with Crippen LogP contribution in [-0.2, 0) is 11.2 Å². The Hall–Kier alpha value is -1.86. The highest BCUT2D eigenvalue weighted by Gasteiger charge is 2.14. The summed E-state index contributed by atoms with van der Waals surface area (Å²) in [5.74, 6) is 1.68. The Balaban J connectivity index is 2.07. The maximum Gasteiger partial charge on any atom is 0.203 e.